The molecular formula is C15H22N2O5S2. The molecule has 1 aliphatic rings. The maximum Gasteiger partial charge on any atom is 0.221 e. The van der Waals surface area contributed by atoms with Crippen LogP contribution < -0.4 is 10.6 Å². The Bertz CT molecular complexity index is 814. The predicted octanol–water partition coefficient (Wildman–Crippen LogP) is 0.582. The van der Waals surface area contributed by atoms with Gasteiger partial charge >= 0.3 is 0 Å². The Labute approximate surface area is 142 Å². The minimum Gasteiger partial charge on any atom is -0.326 e. The molecule has 1 fully saturated rings. The number of hydrogen-bond acceptors (Lipinski definition) is 6. The Hall–Kier alpha value is -1.45. The van der Waals surface area contributed by atoms with E-state index in [4.69, 9.17) is 0 Å². The first-order chi connectivity index (χ1) is 11.0. The number of rotatable bonds is 5. The van der Waals surface area contributed by atoms with E-state index in [1.807, 2.05) is 13.8 Å². The summed E-state index contributed by atoms with van der Waals surface area (Å²) >= 11 is 0. The highest BCUT2D eigenvalue weighted by molar-refractivity contribution is 7.96. The molecular weight excluding hydrogens is 352 g/mol. The van der Waals surface area contributed by atoms with E-state index >= 15 is 0 Å². The van der Waals surface area contributed by atoms with Gasteiger partial charge in [0, 0.05) is 24.7 Å². The van der Waals surface area contributed by atoms with E-state index < -0.39 is 31.0 Å². The molecule has 1 heterocycles. The molecule has 134 valence electrons. The van der Waals surface area contributed by atoms with Crippen molar-refractivity contribution in [3.05, 3.63) is 24.3 Å². The van der Waals surface area contributed by atoms with Crippen LogP contribution >= 0.6 is 0 Å². The van der Waals surface area contributed by atoms with Gasteiger partial charge in [0.25, 0.3) is 0 Å². The van der Waals surface area contributed by atoms with Crippen molar-refractivity contribution in [2.45, 2.75) is 43.0 Å². The van der Waals surface area contributed by atoms with Gasteiger partial charge in [-0.1, -0.05) is 13.8 Å². The first-order valence-electron chi connectivity index (χ1n) is 7.59. The molecule has 1 aromatic carbocycles. The first kappa shape index (κ1) is 18.9. The summed E-state index contributed by atoms with van der Waals surface area (Å²) in [6.45, 7) is 5.05. The Balaban J connectivity index is 2.32. The standard InChI is InChI=1S/C15H22N2O5S2/c1-10(2)16-14-8-23(19,20)9-15(14)24(21,22)13-6-4-12(5-7-13)17-11(3)18/h4-7,10,14-16H,8-9H2,1-3H3,(H,17,18)/t14-,15-/m1/s1. The van der Waals surface area contributed by atoms with Crippen molar-refractivity contribution in [2.24, 2.45) is 0 Å². The van der Waals surface area contributed by atoms with Crippen LogP contribution in [0.15, 0.2) is 29.2 Å². The number of sulfone groups is 2. The van der Waals surface area contributed by atoms with Gasteiger partial charge in [-0.05, 0) is 24.3 Å². The van der Waals surface area contributed by atoms with Crippen molar-refractivity contribution in [1.29, 1.82) is 0 Å². The van der Waals surface area contributed by atoms with E-state index in [2.05, 4.69) is 10.6 Å². The van der Waals surface area contributed by atoms with E-state index in [-0.39, 0.29) is 28.4 Å². The second-order valence-electron chi connectivity index (χ2n) is 6.29. The average molecular weight is 374 g/mol. The Kier molecular flexibility index (Phi) is 5.36. The molecule has 2 rings (SSSR count). The summed E-state index contributed by atoms with van der Waals surface area (Å²) in [6, 6.07) is 5.10. The molecule has 0 aliphatic carbocycles. The van der Waals surface area contributed by atoms with E-state index in [9.17, 15) is 21.6 Å². The van der Waals surface area contributed by atoms with Crippen molar-refractivity contribution >= 4 is 31.3 Å². The number of carbonyl (C=O) groups is 1. The molecule has 1 aliphatic heterocycles. The van der Waals surface area contributed by atoms with Crippen LogP contribution in [0.25, 0.3) is 0 Å². The fraction of sp³-hybridized carbons (Fsp3) is 0.533. The first-order valence-corrected chi connectivity index (χ1v) is 11.0. The van der Waals surface area contributed by atoms with Crippen LogP contribution in [0.2, 0.25) is 0 Å². The molecule has 0 spiro atoms. The number of carbonyl (C=O) groups excluding carboxylic acids is 1. The number of benzene rings is 1. The lowest BCUT2D eigenvalue weighted by Gasteiger charge is -2.22. The molecule has 0 saturated carbocycles. The van der Waals surface area contributed by atoms with Crippen LogP contribution in [-0.2, 0) is 24.5 Å². The molecule has 9 heteroatoms. The van der Waals surface area contributed by atoms with E-state index in [1.54, 1.807) is 0 Å². The van der Waals surface area contributed by atoms with Crippen LogP contribution in [0.5, 0.6) is 0 Å². The van der Waals surface area contributed by atoms with Gasteiger partial charge in [-0.3, -0.25) is 4.79 Å². The Morgan fingerprint density at radius 3 is 2.25 bits per heavy atom. The molecule has 0 aromatic heterocycles. The lowest BCUT2D eigenvalue weighted by atomic mass is 10.2. The van der Waals surface area contributed by atoms with Gasteiger partial charge in [0.15, 0.2) is 19.7 Å². The van der Waals surface area contributed by atoms with Crippen LogP contribution in [0.3, 0.4) is 0 Å². The lowest BCUT2D eigenvalue weighted by Crippen LogP contribution is -2.46. The number of nitrogens with one attached hydrogen (secondary N) is 2. The van der Waals surface area contributed by atoms with Gasteiger partial charge in [0.05, 0.1) is 21.7 Å². The zero-order valence-electron chi connectivity index (χ0n) is 13.8. The Morgan fingerprint density at radius 1 is 1.17 bits per heavy atom. The summed E-state index contributed by atoms with van der Waals surface area (Å²) in [4.78, 5) is 11.1. The van der Waals surface area contributed by atoms with Gasteiger partial charge in [-0.25, -0.2) is 16.8 Å². The predicted molar refractivity (Wildman–Crippen MR) is 92.4 cm³/mol. The third-order valence-electron chi connectivity index (χ3n) is 3.75. The van der Waals surface area contributed by atoms with Gasteiger partial charge in [-0.15, -0.1) is 0 Å². The third-order valence-corrected chi connectivity index (χ3v) is 7.92. The molecule has 2 N–H and O–H groups in total. The summed E-state index contributed by atoms with van der Waals surface area (Å²) in [5.74, 6) is -0.819. The molecule has 0 unspecified atom stereocenters. The molecule has 1 saturated heterocycles. The van der Waals surface area contributed by atoms with Crippen molar-refractivity contribution < 1.29 is 21.6 Å². The second-order valence-corrected chi connectivity index (χ2v) is 10.6. The molecule has 0 bridgehead atoms. The van der Waals surface area contributed by atoms with Crippen LogP contribution in [0.4, 0.5) is 5.69 Å². The smallest absolute Gasteiger partial charge is 0.221 e. The Morgan fingerprint density at radius 2 is 1.75 bits per heavy atom. The number of hydrogen-bond donors (Lipinski definition) is 2. The van der Waals surface area contributed by atoms with Gasteiger partial charge in [0.2, 0.25) is 5.91 Å². The SMILES string of the molecule is CC(=O)Nc1ccc(S(=O)(=O)[C@@H]2CS(=O)(=O)C[C@H]2NC(C)C)cc1. The van der Waals surface area contributed by atoms with Crippen LogP contribution in [-0.4, -0.2) is 51.6 Å². The summed E-state index contributed by atoms with van der Waals surface area (Å²) in [6.07, 6.45) is 0. The highest BCUT2D eigenvalue weighted by Gasteiger charge is 2.45. The quantitative estimate of drug-likeness (QED) is 0.780. The third kappa shape index (κ3) is 4.34. The average Bonchev–Trinajstić information content (AvgIpc) is 2.73. The van der Waals surface area contributed by atoms with Crippen LogP contribution in [0, 0.1) is 0 Å². The molecule has 24 heavy (non-hydrogen) atoms. The van der Waals surface area contributed by atoms with E-state index in [1.165, 1.54) is 31.2 Å². The zero-order valence-corrected chi connectivity index (χ0v) is 15.4. The van der Waals surface area contributed by atoms with Crippen molar-refractivity contribution in [2.75, 3.05) is 16.8 Å². The maximum atomic E-state index is 12.9. The van der Waals surface area contributed by atoms with Gasteiger partial charge in [0.1, 0.15) is 0 Å². The molecule has 0 radical (unpaired) electrons. The monoisotopic (exact) mass is 374 g/mol. The normalized spacial score (nSPS) is 23.3. The summed E-state index contributed by atoms with van der Waals surface area (Å²) in [5.41, 5.74) is 0.484. The molecule has 1 aromatic rings. The lowest BCUT2D eigenvalue weighted by molar-refractivity contribution is -0.114. The fourth-order valence-electron chi connectivity index (χ4n) is 2.81. The minimum atomic E-state index is -3.80. The van der Waals surface area contributed by atoms with E-state index in [0.29, 0.717) is 5.69 Å². The molecule has 1 amide bonds. The number of amides is 1. The maximum absolute atomic E-state index is 12.9. The van der Waals surface area contributed by atoms with Crippen molar-refractivity contribution in [3.63, 3.8) is 0 Å². The van der Waals surface area contributed by atoms with E-state index in [0.717, 1.165) is 0 Å². The second kappa shape index (κ2) is 6.81. The fourth-order valence-corrected chi connectivity index (χ4v) is 7.49. The highest BCUT2D eigenvalue weighted by Crippen LogP contribution is 2.27. The van der Waals surface area contributed by atoms with Gasteiger partial charge < -0.3 is 10.6 Å². The zero-order chi connectivity index (χ0) is 18.1. The number of anilines is 1. The molecule has 2 atom stereocenters. The summed E-state index contributed by atoms with van der Waals surface area (Å²) in [5, 5.41) is 4.59. The summed E-state index contributed by atoms with van der Waals surface area (Å²) < 4.78 is 49.6. The largest absolute Gasteiger partial charge is 0.326 e. The van der Waals surface area contributed by atoms with Crippen molar-refractivity contribution in [1.82, 2.24) is 5.32 Å². The van der Waals surface area contributed by atoms with Crippen LogP contribution in [0.1, 0.15) is 20.8 Å². The minimum absolute atomic E-state index is 0.0249. The van der Waals surface area contributed by atoms with Gasteiger partial charge in [-0.2, -0.15) is 0 Å². The highest BCUT2D eigenvalue weighted by atomic mass is 32.2. The molecule has 7 nitrogen and oxygen atoms in total. The topological polar surface area (TPSA) is 109 Å². The summed E-state index contributed by atoms with van der Waals surface area (Å²) in [7, 11) is -7.21. The van der Waals surface area contributed by atoms with Crippen molar-refractivity contribution in [3.8, 4) is 0 Å².